The fourth-order valence-corrected chi connectivity index (χ4v) is 4.51. The Hall–Kier alpha value is -1.92. The molecule has 2 aromatic rings. The van der Waals surface area contributed by atoms with Crippen LogP contribution in [0.25, 0.3) is 11.3 Å². The Morgan fingerprint density at radius 3 is 2.71 bits per heavy atom. The number of aryl methyl sites for hydroxylation is 1. The van der Waals surface area contributed by atoms with Gasteiger partial charge in [0.05, 0.1) is 12.3 Å². The summed E-state index contributed by atoms with van der Waals surface area (Å²) >= 11 is 1.56. The van der Waals surface area contributed by atoms with Gasteiger partial charge < -0.3 is 15.4 Å². The Bertz CT molecular complexity index is 738. The number of hydrogen-bond donors (Lipinski definition) is 2. The molecule has 0 unspecified atom stereocenters. The second kappa shape index (κ2) is 10.6. The lowest BCUT2D eigenvalue weighted by Gasteiger charge is -2.26. The van der Waals surface area contributed by atoms with E-state index in [1.165, 1.54) is 37.7 Å². The second-order valence-electron chi connectivity index (χ2n) is 7.62. The van der Waals surface area contributed by atoms with Gasteiger partial charge in [-0.15, -0.1) is 11.3 Å². The average molecular weight is 402 g/mol. The maximum Gasteiger partial charge on any atom is 0.242 e. The van der Waals surface area contributed by atoms with Crippen molar-refractivity contribution < 1.29 is 9.53 Å². The minimum absolute atomic E-state index is 0.0368. The minimum Gasteiger partial charge on any atom is -0.383 e. The lowest BCUT2D eigenvalue weighted by molar-refractivity contribution is -0.122. The molecular formula is C22H31N3O2S. The molecule has 0 radical (unpaired) electrons. The van der Waals surface area contributed by atoms with E-state index < -0.39 is 0 Å². The fraction of sp³-hybridized carbons (Fsp3) is 0.545. The average Bonchev–Trinajstić information content (AvgIpc) is 3.17. The molecular weight excluding hydrogens is 370 g/mol. The zero-order chi connectivity index (χ0) is 19.8. The van der Waals surface area contributed by atoms with Crippen molar-refractivity contribution in [2.24, 2.45) is 5.92 Å². The van der Waals surface area contributed by atoms with Gasteiger partial charge in [-0.25, -0.2) is 4.98 Å². The molecule has 0 aliphatic heterocycles. The Morgan fingerprint density at radius 2 is 2.00 bits per heavy atom. The molecule has 0 bridgehead atoms. The van der Waals surface area contributed by atoms with Crippen LogP contribution < -0.4 is 10.6 Å². The second-order valence-corrected chi connectivity index (χ2v) is 8.48. The van der Waals surface area contributed by atoms with Crippen LogP contribution in [0.3, 0.4) is 0 Å². The molecule has 1 amide bonds. The number of thiazole rings is 1. The third-order valence-corrected chi connectivity index (χ3v) is 6.14. The van der Waals surface area contributed by atoms with E-state index >= 15 is 0 Å². The van der Waals surface area contributed by atoms with Gasteiger partial charge in [-0.05, 0) is 19.3 Å². The van der Waals surface area contributed by atoms with E-state index in [1.54, 1.807) is 18.4 Å². The number of carbonyl (C=O) groups excluding carboxylic acids is 1. The number of nitrogens with zero attached hydrogens (tertiary/aromatic N) is 1. The summed E-state index contributed by atoms with van der Waals surface area (Å²) in [6.07, 6.45) is 7.17. The van der Waals surface area contributed by atoms with Crippen LogP contribution in [0.5, 0.6) is 0 Å². The number of amides is 1. The topological polar surface area (TPSA) is 63.2 Å². The number of nitrogens with one attached hydrogen (secondary N) is 2. The first-order chi connectivity index (χ1) is 13.7. The van der Waals surface area contributed by atoms with Crippen molar-refractivity contribution in [2.75, 3.05) is 25.6 Å². The van der Waals surface area contributed by atoms with Crippen molar-refractivity contribution in [3.05, 3.63) is 35.2 Å². The highest BCUT2D eigenvalue weighted by molar-refractivity contribution is 7.14. The first kappa shape index (κ1) is 20.8. The first-order valence-electron chi connectivity index (χ1n) is 10.2. The van der Waals surface area contributed by atoms with Gasteiger partial charge in [-0.1, -0.05) is 61.9 Å². The number of carbonyl (C=O) groups is 1. The molecule has 2 N–H and O–H groups in total. The highest BCUT2D eigenvalue weighted by Crippen LogP contribution is 2.30. The van der Waals surface area contributed by atoms with Crippen molar-refractivity contribution in [3.63, 3.8) is 0 Å². The van der Waals surface area contributed by atoms with E-state index in [4.69, 9.17) is 9.72 Å². The SMILES string of the molecule is COCCNC(=O)[C@H](CC1CCCCC1)Nc1nc(-c2ccc(C)cc2)cs1. The maximum absolute atomic E-state index is 12.8. The van der Waals surface area contributed by atoms with Gasteiger partial charge in [-0.2, -0.15) is 0 Å². The molecule has 1 saturated carbocycles. The van der Waals surface area contributed by atoms with Crippen LogP contribution in [0, 0.1) is 12.8 Å². The van der Waals surface area contributed by atoms with E-state index in [0.717, 1.165) is 22.8 Å². The van der Waals surface area contributed by atoms with Crippen molar-refractivity contribution in [1.29, 1.82) is 0 Å². The van der Waals surface area contributed by atoms with Gasteiger partial charge in [0.2, 0.25) is 5.91 Å². The summed E-state index contributed by atoms with van der Waals surface area (Å²) < 4.78 is 5.06. The van der Waals surface area contributed by atoms with Crippen LogP contribution in [0.1, 0.15) is 44.1 Å². The zero-order valence-electron chi connectivity index (χ0n) is 16.9. The predicted molar refractivity (Wildman–Crippen MR) is 116 cm³/mol. The molecule has 28 heavy (non-hydrogen) atoms. The summed E-state index contributed by atoms with van der Waals surface area (Å²) in [5, 5.41) is 9.25. The molecule has 3 rings (SSSR count). The molecule has 0 saturated heterocycles. The Labute approximate surface area is 171 Å². The minimum atomic E-state index is -0.253. The van der Waals surface area contributed by atoms with Crippen LogP contribution in [-0.2, 0) is 9.53 Å². The summed E-state index contributed by atoms with van der Waals surface area (Å²) in [5.41, 5.74) is 3.28. The van der Waals surface area contributed by atoms with Gasteiger partial charge in [0.25, 0.3) is 0 Å². The number of benzene rings is 1. The van der Waals surface area contributed by atoms with Crippen LogP contribution in [0.2, 0.25) is 0 Å². The standard InChI is InChI=1S/C22H31N3O2S/c1-16-8-10-18(11-9-16)20-15-28-22(25-20)24-19(21(26)23-12-13-27-2)14-17-6-4-3-5-7-17/h8-11,15,17,19H,3-7,12-14H2,1-2H3,(H,23,26)(H,24,25)/t19-/m0/s1. The molecule has 1 aromatic heterocycles. The summed E-state index contributed by atoms with van der Waals surface area (Å²) in [5.74, 6) is 0.644. The quantitative estimate of drug-likeness (QED) is 0.601. The molecule has 1 aromatic carbocycles. The van der Waals surface area contributed by atoms with Crippen molar-refractivity contribution >= 4 is 22.4 Å². The fourth-order valence-electron chi connectivity index (χ4n) is 3.73. The largest absolute Gasteiger partial charge is 0.383 e. The van der Waals surface area contributed by atoms with Gasteiger partial charge in [0.15, 0.2) is 5.13 Å². The van der Waals surface area contributed by atoms with E-state index in [2.05, 4.69) is 41.8 Å². The molecule has 1 fully saturated rings. The van der Waals surface area contributed by atoms with Crippen LogP contribution in [0.15, 0.2) is 29.6 Å². The third kappa shape index (κ3) is 6.04. The normalized spacial score (nSPS) is 15.9. The molecule has 0 spiro atoms. The number of ether oxygens (including phenoxy) is 1. The van der Waals surface area contributed by atoms with Gasteiger partial charge in [-0.3, -0.25) is 4.79 Å². The Balaban J connectivity index is 1.67. The number of aromatic nitrogens is 1. The molecule has 1 aliphatic rings. The van der Waals surface area contributed by atoms with Gasteiger partial charge in [0.1, 0.15) is 6.04 Å². The van der Waals surface area contributed by atoms with Crippen molar-refractivity contribution in [3.8, 4) is 11.3 Å². The third-order valence-electron chi connectivity index (χ3n) is 5.36. The van der Waals surface area contributed by atoms with E-state index in [-0.39, 0.29) is 11.9 Å². The summed E-state index contributed by atoms with van der Waals surface area (Å²) in [6, 6.07) is 8.11. The van der Waals surface area contributed by atoms with E-state index in [0.29, 0.717) is 19.1 Å². The lowest BCUT2D eigenvalue weighted by atomic mass is 9.84. The van der Waals surface area contributed by atoms with Crippen LogP contribution in [-0.4, -0.2) is 37.2 Å². The Kier molecular flexibility index (Phi) is 7.86. The highest BCUT2D eigenvalue weighted by atomic mass is 32.1. The molecule has 5 nitrogen and oxygen atoms in total. The number of rotatable bonds is 9. The molecule has 1 atom stereocenters. The van der Waals surface area contributed by atoms with Gasteiger partial charge >= 0.3 is 0 Å². The molecule has 152 valence electrons. The lowest BCUT2D eigenvalue weighted by Crippen LogP contribution is -2.42. The summed E-state index contributed by atoms with van der Waals surface area (Å²) in [4.78, 5) is 17.5. The van der Waals surface area contributed by atoms with E-state index in [1.807, 2.05) is 5.38 Å². The first-order valence-corrected chi connectivity index (χ1v) is 11.1. The predicted octanol–water partition coefficient (Wildman–Crippen LogP) is 4.63. The van der Waals surface area contributed by atoms with Crippen molar-refractivity contribution in [1.82, 2.24) is 10.3 Å². The Morgan fingerprint density at radius 1 is 1.25 bits per heavy atom. The van der Waals surface area contributed by atoms with Crippen molar-refractivity contribution in [2.45, 2.75) is 51.5 Å². The number of methoxy groups -OCH3 is 1. The summed E-state index contributed by atoms with van der Waals surface area (Å²) in [7, 11) is 1.64. The molecule has 6 heteroatoms. The van der Waals surface area contributed by atoms with Crippen LogP contribution in [0.4, 0.5) is 5.13 Å². The number of hydrogen-bond acceptors (Lipinski definition) is 5. The van der Waals surface area contributed by atoms with Gasteiger partial charge in [0, 0.05) is 24.6 Å². The monoisotopic (exact) mass is 401 g/mol. The highest BCUT2D eigenvalue weighted by Gasteiger charge is 2.25. The van der Waals surface area contributed by atoms with Crippen LogP contribution >= 0.6 is 11.3 Å². The molecule has 1 heterocycles. The smallest absolute Gasteiger partial charge is 0.242 e. The number of anilines is 1. The summed E-state index contributed by atoms with van der Waals surface area (Å²) in [6.45, 7) is 3.14. The maximum atomic E-state index is 12.8. The van der Waals surface area contributed by atoms with E-state index in [9.17, 15) is 4.79 Å². The zero-order valence-corrected chi connectivity index (χ0v) is 17.7. The molecule has 1 aliphatic carbocycles.